The molecule has 1 saturated heterocycles. The smallest absolute Gasteiger partial charge is 0.335 e. The van der Waals surface area contributed by atoms with Crippen LogP contribution in [0, 0.1) is 5.82 Å². The molecule has 3 aromatic rings. The van der Waals surface area contributed by atoms with Crippen LogP contribution in [0.5, 0.6) is 5.75 Å². The summed E-state index contributed by atoms with van der Waals surface area (Å²) in [5, 5.41) is 5.23. The highest BCUT2D eigenvalue weighted by molar-refractivity contribution is 6.39. The first-order valence-corrected chi connectivity index (χ1v) is 11.1. The largest absolute Gasteiger partial charge is 0.483 e. The van der Waals surface area contributed by atoms with Gasteiger partial charge in [0.15, 0.2) is 6.61 Å². The zero-order chi connectivity index (χ0) is 25.8. The molecule has 1 aliphatic rings. The molecule has 0 spiro atoms. The number of nitrogens with zero attached hydrogens (tertiary/aromatic N) is 1. The Hall–Kier alpha value is -4.21. The lowest BCUT2D eigenvalue weighted by Crippen LogP contribution is -2.54. The Morgan fingerprint density at radius 3 is 2.44 bits per heavy atom. The first-order chi connectivity index (χ1) is 17.2. The second-order valence-electron chi connectivity index (χ2n) is 7.46. The van der Waals surface area contributed by atoms with Crippen LogP contribution in [0.15, 0.2) is 72.3 Å². The van der Waals surface area contributed by atoms with Gasteiger partial charge < -0.3 is 10.1 Å². The number of nitrogens with one attached hydrogen (secondary N) is 2. The highest BCUT2D eigenvalue weighted by Crippen LogP contribution is 2.28. The summed E-state index contributed by atoms with van der Waals surface area (Å²) in [6.07, 6.45) is 1.21. The average Bonchev–Trinajstić information content (AvgIpc) is 2.82. The Balaban J connectivity index is 1.58. The van der Waals surface area contributed by atoms with Gasteiger partial charge in [-0.2, -0.15) is 0 Å². The zero-order valence-corrected chi connectivity index (χ0v) is 19.8. The summed E-state index contributed by atoms with van der Waals surface area (Å²) in [7, 11) is 0. The van der Waals surface area contributed by atoms with Crippen molar-refractivity contribution in [2.24, 2.45) is 0 Å². The van der Waals surface area contributed by atoms with Gasteiger partial charge in [-0.3, -0.25) is 19.7 Å². The number of carbonyl (C=O) groups excluding carboxylic acids is 4. The molecule has 11 heteroatoms. The van der Waals surface area contributed by atoms with E-state index in [4.69, 9.17) is 27.9 Å². The summed E-state index contributed by atoms with van der Waals surface area (Å²) >= 11 is 12.1. The first-order valence-electron chi connectivity index (χ1n) is 10.4. The number of hydrogen-bond acceptors (Lipinski definition) is 5. The predicted octanol–water partition coefficient (Wildman–Crippen LogP) is 4.82. The summed E-state index contributed by atoms with van der Waals surface area (Å²) in [5.74, 6) is -2.62. The van der Waals surface area contributed by atoms with Gasteiger partial charge in [0.05, 0.1) is 5.69 Å². The van der Waals surface area contributed by atoms with E-state index in [-0.39, 0.29) is 27.6 Å². The fraction of sp³-hybridized carbons (Fsp3) is 0.0400. The van der Waals surface area contributed by atoms with Crippen LogP contribution in [-0.4, -0.2) is 30.4 Å². The molecule has 0 unspecified atom stereocenters. The molecular formula is C25H16Cl2FN3O5. The molecule has 2 N–H and O–H groups in total. The van der Waals surface area contributed by atoms with E-state index in [1.165, 1.54) is 60.7 Å². The molecule has 1 aliphatic heterocycles. The van der Waals surface area contributed by atoms with Crippen LogP contribution < -0.4 is 20.3 Å². The van der Waals surface area contributed by atoms with Crippen LogP contribution in [0.1, 0.15) is 5.56 Å². The van der Waals surface area contributed by atoms with Gasteiger partial charge >= 0.3 is 6.03 Å². The molecule has 8 nitrogen and oxygen atoms in total. The van der Waals surface area contributed by atoms with Crippen LogP contribution in [0.2, 0.25) is 10.0 Å². The lowest BCUT2D eigenvalue weighted by Gasteiger charge is -2.26. The highest BCUT2D eigenvalue weighted by Gasteiger charge is 2.37. The van der Waals surface area contributed by atoms with E-state index in [0.29, 0.717) is 10.7 Å². The number of ether oxygens (including phenoxy) is 1. The van der Waals surface area contributed by atoms with Gasteiger partial charge in [-0.15, -0.1) is 0 Å². The van der Waals surface area contributed by atoms with Gasteiger partial charge in [-0.05, 0) is 66.7 Å². The molecule has 1 heterocycles. The Bertz CT molecular complexity index is 1410. The maximum Gasteiger partial charge on any atom is 0.335 e. The van der Waals surface area contributed by atoms with Gasteiger partial charge in [-0.1, -0.05) is 29.3 Å². The van der Waals surface area contributed by atoms with Gasteiger partial charge in [0.25, 0.3) is 17.7 Å². The third kappa shape index (κ3) is 5.70. The first kappa shape index (κ1) is 24.9. The Kier molecular flexibility index (Phi) is 7.33. The molecule has 0 atom stereocenters. The lowest BCUT2D eigenvalue weighted by atomic mass is 10.1. The predicted molar refractivity (Wildman–Crippen MR) is 132 cm³/mol. The minimum Gasteiger partial charge on any atom is -0.483 e. The van der Waals surface area contributed by atoms with Gasteiger partial charge in [-0.25, -0.2) is 14.1 Å². The van der Waals surface area contributed by atoms with Crippen LogP contribution in [0.3, 0.4) is 0 Å². The third-order valence-electron chi connectivity index (χ3n) is 4.93. The second-order valence-corrected chi connectivity index (χ2v) is 8.34. The van der Waals surface area contributed by atoms with Crippen LogP contribution in [0.25, 0.3) is 6.08 Å². The fourth-order valence-electron chi connectivity index (χ4n) is 3.30. The Morgan fingerprint density at radius 2 is 1.72 bits per heavy atom. The number of halogens is 3. The summed E-state index contributed by atoms with van der Waals surface area (Å²) < 4.78 is 18.6. The summed E-state index contributed by atoms with van der Waals surface area (Å²) in [4.78, 5) is 51.1. The average molecular weight is 528 g/mol. The summed E-state index contributed by atoms with van der Waals surface area (Å²) in [5.41, 5.74) is 0.399. The molecule has 0 aliphatic carbocycles. The fourth-order valence-corrected chi connectivity index (χ4v) is 3.66. The van der Waals surface area contributed by atoms with Crippen LogP contribution in [-0.2, 0) is 14.4 Å². The normalized spacial score (nSPS) is 14.6. The van der Waals surface area contributed by atoms with E-state index in [1.807, 2.05) is 0 Å². The molecule has 0 bridgehead atoms. The Morgan fingerprint density at radius 1 is 1.00 bits per heavy atom. The van der Waals surface area contributed by atoms with E-state index < -0.39 is 36.2 Å². The van der Waals surface area contributed by atoms with Crippen LogP contribution >= 0.6 is 23.2 Å². The molecule has 0 radical (unpaired) electrons. The van der Waals surface area contributed by atoms with Crippen molar-refractivity contribution in [2.75, 3.05) is 16.8 Å². The number of anilines is 2. The zero-order valence-electron chi connectivity index (χ0n) is 18.3. The number of rotatable bonds is 6. The van der Waals surface area contributed by atoms with Crippen molar-refractivity contribution in [3.05, 3.63) is 93.7 Å². The molecule has 0 saturated carbocycles. The minimum absolute atomic E-state index is 0.146. The number of hydrogen-bond donors (Lipinski definition) is 2. The molecule has 0 aromatic heterocycles. The number of amides is 5. The molecular weight excluding hydrogens is 512 g/mol. The number of urea groups is 1. The van der Waals surface area contributed by atoms with Crippen molar-refractivity contribution in [1.29, 1.82) is 0 Å². The van der Waals surface area contributed by atoms with E-state index in [0.717, 1.165) is 4.90 Å². The number of barbiturate groups is 1. The van der Waals surface area contributed by atoms with Crippen molar-refractivity contribution >= 4 is 64.4 Å². The van der Waals surface area contributed by atoms with Gasteiger partial charge in [0, 0.05) is 21.3 Å². The number of carbonyl (C=O) groups is 4. The van der Waals surface area contributed by atoms with Crippen molar-refractivity contribution in [2.45, 2.75) is 0 Å². The molecule has 5 amide bonds. The number of benzene rings is 3. The highest BCUT2D eigenvalue weighted by atomic mass is 35.5. The molecule has 4 rings (SSSR count). The van der Waals surface area contributed by atoms with Crippen molar-refractivity contribution < 1.29 is 28.3 Å². The van der Waals surface area contributed by atoms with E-state index in [1.54, 1.807) is 12.1 Å². The maximum atomic E-state index is 13.1. The third-order valence-corrected chi connectivity index (χ3v) is 5.40. The topological polar surface area (TPSA) is 105 Å². The van der Waals surface area contributed by atoms with E-state index in [2.05, 4.69) is 10.6 Å². The monoisotopic (exact) mass is 527 g/mol. The van der Waals surface area contributed by atoms with Crippen LogP contribution in [0.4, 0.5) is 20.6 Å². The second kappa shape index (κ2) is 10.6. The minimum atomic E-state index is -0.926. The van der Waals surface area contributed by atoms with E-state index >= 15 is 0 Å². The van der Waals surface area contributed by atoms with E-state index in [9.17, 15) is 23.6 Å². The molecule has 36 heavy (non-hydrogen) atoms. The van der Waals surface area contributed by atoms with Gasteiger partial charge in [0.1, 0.15) is 17.1 Å². The summed E-state index contributed by atoms with van der Waals surface area (Å²) in [6, 6.07) is 14.7. The summed E-state index contributed by atoms with van der Waals surface area (Å²) in [6.45, 7) is -0.428. The maximum absolute atomic E-state index is 13.1. The molecule has 1 fully saturated rings. The quantitative estimate of drug-likeness (QED) is 0.353. The lowest BCUT2D eigenvalue weighted by molar-refractivity contribution is -0.122. The van der Waals surface area contributed by atoms with Crippen molar-refractivity contribution in [3.8, 4) is 5.75 Å². The van der Waals surface area contributed by atoms with Crippen molar-refractivity contribution in [1.82, 2.24) is 5.32 Å². The van der Waals surface area contributed by atoms with Gasteiger partial charge in [0.2, 0.25) is 0 Å². The van der Waals surface area contributed by atoms with Crippen molar-refractivity contribution in [3.63, 3.8) is 0 Å². The molecule has 182 valence electrons. The standard InChI is InChI=1S/C25H16Cl2FN3O5/c26-15-2-1-3-19(12-15)31-24(34)20(23(33)30-25(31)35)11-14-10-16(27)4-9-21(14)36-13-22(32)29-18-7-5-17(28)6-8-18/h1-12H,13H2,(H,29,32)(H,30,33,35)/b20-11+. The molecule has 3 aromatic carbocycles. The number of imide groups is 2. The Labute approximate surface area is 214 Å². The SMILES string of the molecule is O=C(COc1ccc(Cl)cc1/C=C1\C(=O)NC(=O)N(c2cccc(Cl)c2)C1=O)Nc1ccc(F)cc1.